The van der Waals surface area contributed by atoms with Gasteiger partial charge in [-0.25, -0.2) is 0 Å². The largest absolute Gasteiger partial charge is 0.507 e. The molecule has 0 spiro atoms. The number of methoxy groups -OCH3 is 1. The van der Waals surface area contributed by atoms with Crippen molar-refractivity contribution in [2.45, 2.75) is 40.2 Å². The van der Waals surface area contributed by atoms with E-state index in [0.717, 1.165) is 17.5 Å². The van der Waals surface area contributed by atoms with Crippen LogP contribution in [0.1, 0.15) is 47.7 Å². The number of rotatable bonds is 6. The summed E-state index contributed by atoms with van der Waals surface area (Å²) in [6.07, 6.45) is 0.837. The average Bonchev–Trinajstić information content (AvgIpc) is 3.14. The van der Waals surface area contributed by atoms with Crippen LogP contribution in [0.15, 0.2) is 66.2 Å². The van der Waals surface area contributed by atoms with Crippen LogP contribution >= 0.6 is 0 Å². The molecule has 4 rings (SSSR count). The molecule has 2 amide bonds. The molecule has 3 aromatic carbocycles. The molecule has 7 nitrogen and oxygen atoms in total. The standard InChI is InChI=1S/C30H30N2O5/c1-6-20-10-12-21(13-11-20)27-26(28(34)24-14-18(3)25(37-5)15-17(24)2)29(35)30(36)32(27)23-9-7-8-22(16-23)31-19(4)33/h7-16,27,34H,6H2,1-5H3,(H,31,33)/b28-26+. The Balaban J connectivity index is 1.94. The molecule has 1 heterocycles. The molecule has 37 heavy (non-hydrogen) atoms. The van der Waals surface area contributed by atoms with Gasteiger partial charge in [-0.1, -0.05) is 37.3 Å². The zero-order valence-electron chi connectivity index (χ0n) is 21.6. The summed E-state index contributed by atoms with van der Waals surface area (Å²) in [6, 6.07) is 17.1. The van der Waals surface area contributed by atoms with E-state index in [-0.39, 0.29) is 17.2 Å². The highest BCUT2D eigenvalue weighted by atomic mass is 16.5. The summed E-state index contributed by atoms with van der Waals surface area (Å²) in [7, 11) is 1.57. The Morgan fingerprint density at radius 3 is 2.35 bits per heavy atom. The summed E-state index contributed by atoms with van der Waals surface area (Å²) in [6.45, 7) is 7.11. The second kappa shape index (κ2) is 10.3. The molecule has 1 atom stereocenters. The number of anilines is 2. The van der Waals surface area contributed by atoms with Crippen molar-refractivity contribution in [3.8, 4) is 5.75 Å². The number of aliphatic hydroxyl groups is 1. The molecule has 1 aliphatic heterocycles. The highest BCUT2D eigenvalue weighted by molar-refractivity contribution is 6.51. The van der Waals surface area contributed by atoms with Crippen LogP contribution in [0.5, 0.6) is 5.75 Å². The van der Waals surface area contributed by atoms with Gasteiger partial charge in [0, 0.05) is 23.9 Å². The number of benzene rings is 3. The molecule has 1 aliphatic rings. The van der Waals surface area contributed by atoms with Crippen molar-refractivity contribution in [3.05, 3.63) is 94.1 Å². The highest BCUT2D eigenvalue weighted by Crippen LogP contribution is 2.43. The second-order valence-corrected chi connectivity index (χ2v) is 9.13. The van der Waals surface area contributed by atoms with Gasteiger partial charge in [-0.15, -0.1) is 0 Å². The summed E-state index contributed by atoms with van der Waals surface area (Å²) in [5.74, 6) is -1.37. The lowest BCUT2D eigenvalue weighted by Crippen LogP contribution is -2.29. The van der Waals surface area contributed by atoms with Gasteiger partial charge in [0.25, 0.3) is 11.7 Å². The molecule has 1 fully saturated rings. The van der Waals surface area contributed by atoms with Gasteiger partial charge in [0.15, 0.2) is 0 Å². The average molecular weight is 499 g/mol. The molecule has 0 radical (unpaired) electrons. The van der Waals surface area contributed by atoms with E-state index < -0.39 is 17.7 Å². The minimum atomic E-state index is -0.861. The van der Waals surface area contributed by atoms with Crippen molar-refractivity contribution in [2.24, 2.45) is 0 Å². The van der Waals surface area contributed by atoms with E-state index in [1.807, 2.05) is 45.0 Å². The van der Waals surface area contributed by atoms with Crippen LogP contribution in [0.3, 0.4) is 0 Å². The lowest BCUT2D eigenvalue weighted by atomic mass is 9.92. The van der Waals surface area contributed by atoms with Gasteiger partial charge in [0.1, 0.15) is 11.5 Å². The Morgan fingerprint density at radius 1 is 1.03 bits per heavy atom. The van der Waals surface area contributed by atoms with Crippen molar-refractivity contribution in [3.63, 3.8) is 0 Å². The molecule has 0 aromatic heterocycles. The van der Waals surface area contributed by atoms with E-state index in [4.69, 9.17) is 4.74 Å². The molecule has 0 saturated carbocycles. The topological polar surface area (TPSA) is 95.9 Å². The number of hydrogen-bond acceptors (Lipinski definition) is 5. The lowest BCUT2D eigenvalue weighted by molar-refractivity contribution is -0.132. The van der Waals surface area contributed by atoms with E-state index in [1.54, 1.807) is 43.5 Å². The van der Waals surface area contributed by atoms with E-state index >= 15 is 0 Å². The quantitative estimate of drug-likeness (QED) is 0.267. The molecule has 190 valence electrons. The van der Waals surface area contributed by atoms with Crippen molar-refractivity contribution >= 4 is 34.7 Å². The summed E-state index contributed by atoms with van der Waals surface area (Å²) in [5.41, 5.74) is 4.67. The molecule has 2 N–H and O–H groups in total. The first-order chi connectivity index (χ1) is 17.7. The maximum absolute atomic E-state index is 13.5. The molecular formula is C30H30N2O5. The van der Waals surface area contributed by atoms with Gasteiger partial charge < -0.3 is 15.2 Å². The Morgan fingerprint density at radius 2 is 1.73 bits per heavy atom. The van der Waals surface area contributed by atoms with Crippen LogP contribution in [0.2, 0.25) is 0 Å². The van der Waals surface area contributed by atoms with Gasteiger partial charge in [-0.2, -0.15) is 0 Å². The van der Waals surface area contributed by atoms with Crippen molar-refractivity contribution in [2.75, 3.05) is 17.3 Å². The van der Waals surface area contributed by atoms with Gasteiger partial charge in [-0.05, 0) is 72.9 Å². The molecule has 0 bridgehead atoms. The first-order valence-corrected chi connectivity index (χ1v) is 12.1. The van der Waals surface area contributed by atoms with Crippen molar-refractivity contribution in [1.29, 1.82) is 0 Å². The van der Waals surface area contributed by atoms with Gasteiger partial charge in [0.2, 0.25) is 5.91 Å². The normalized spacial score (nSPS) is 16.7. The van der Waals surface area contributed by atoms with Gasteiger partial charge in [0.05, 0.1) is 18.7 Å². The Kier molecular flexibility index (Phi) is 7.16. The third kappa shape index (κ3) is 4.85. The number of aliphatic hydroxyl groups excluding tert-OH is 1. The Hall–Kier alpha value is -4.39. The monoisotopic (exact) mass is 498 g/mol. The summed E-state index contributed by atoms with van der Waals surface area (Å²) in [5, 5.41) is 14.2. The predicted octanol–water partition coefficient (Wildman–Crippen LogP) is 5.46. The fourth-order valence-corrected chi connectivity index (χ4v) is 4.70. The summed E-state index contributed by atoms with van der Waals surface area (Å²) >= 11 is 0. The van der Waals surface area contributed by atoms with E-state index in [2.05, 4.69) is 5.32 Å². The van der Waals surface area contributed by atoms with Crippen LogP contribution < -0.4 is 15.0 Å². The predicted molar refractivity (Wildman–Crippen MR) is 144 cm³/mol. The maximum atomic E-state index is 13.5. The first kappa shape index (κ1) is 25.7. The van der Waals surface area contributed by atoms with Crippen LogP contribution in [0.25, 0.3) is 5.76 Å². The van der Waals surface area contributed by atoms with Crippen molar-refractivity contribution < 1.29 is 24.2 Å². The number of Topliss-reactive ketones (excluding diaryl/α,β-unsaturated/α-hetero) is 1. The number of hydrogen-bond donors (Lipinski definition) is 2. The minimum Gasteiger partial charge on any atom is -0.507 e. The Bertz CT molecular complexity index is 1420. The molecule has 0 aliphatic carbocycles. The number of carbonyl (C=O) groups is 3. The molecule has 1 saturated heterocycles. The number of aryl methyl sites for hydroxylation is 3. The minimum absolute atomic E-state index is 0.00634. The van der Waals surface area contributed by atoms with Gasteiger partial charge >= 0.3 is 0 Å². The number of ketones is 1. The molecule has 1 unspecified atom stereocenters. The van der Waals surface area contributed by atoms with E-state index in [1.165, 1.54) is 11.8 Å². The molecule has 7 heteroatoms. The SMILES string of the molecule is CCc1ccc(C2/C(=C(\O)c3cc(C)c(OC)cc3C)C(=O)C(=O)N2c2cccc(NC(C)=O)c2)cc1. The smallest absolute Gasteiger partial charge is 0.300 e. The third-order valence-electron chi connectivity index (χ3n) is 6.59. The van der Waals surface area contributed by atoms with Crippen LogP contribution in [-0.4, -0.2) is 29.8 Å². The summed E-state index contributed by atoms with van der Waals surface area (Å²) in [4.78, 5) is 40.0. The molecular weight excluding hydrogens is 468 g/mol. The van der Waals surface area contributed by atoms with Crippen LogP contribution in [-0.2, 0) is 20.8 Å². The first-order valence-electron chi connectivity index (χ1n) is 12.1. The highest BCUT2D eigenvalue weighted by Gasteiger charge is 2.47. The zero-order chi connectivity index (χ0) is 26.9. The van der Waals surface area contributed by atoms with E-state index in [0.29, 0.717) is 33.8 Å². The zero-order valence-corrected chi connectivity index (χ0v) is 21.6. The number of nitrogens with zero attached hydrogens (tertiary/aromatic N) is 1. The number of amides is 2. The van der Waals surface area contributed by atoms with Crippen molar-refractivity contribution in [1.82, 2.24) is 0 Å². The number of carbonyl (C=O) groups excluding carboxylic acids is 3. The molecule has 3 aromatic rings. The third-order valence-corrected chi connectivity index (χ3v) is 6.59. The number of nitrogens with one attached hydrogen (secondary N) is 1. The number of ether oxygens (including phenoxy) is 1. The van der Waals surface area contributed by atoms with Gasteiger partial charge in [-0.3, -0.25) is 19.3 Å². The van der Waals surface area contributed by atoms with E-state index in [9.17, 15) is 19.5 Å². The van der Waals surface area contributed by atoms with Crippen LogP contribution in [0, 0.1) is 13.8 Å². The summed E-state index contributed by atoms with van der Waals surface area (Å²) < 4.78 is 5.39. The fraction of sp³-hybridized carbons (Fsp3) is 0.233. The maximum Gasteiger partial charge on any atom is 0.300 e. The Labute approximate surface area is 216 Å². The second-order valence-electron chi connectivity index (χ2n) is 9.13. The fourth-order valence-electron chi connectivity index (χ4n) is 4.70. The lowest BCUT2D eigenvalue weighted by Gasteiger charge is -2.26. The van der Waals surface area contributed by atoms with Crippen LogP contribution in [0.4, 0.5) is 11.4 Å².